The fourth-order valence-corrected chi connectivity index (χ4v) is 6.12. The maximum atomic E-state index is 6.89. The van der Waals surface area contributed by atoms with Gasteiger partial charge in [0.15, 0.2) is 5.11 Å². The monoisotopic (exact) mass is 479 g/mol. The molecular formula is C26H30ClN5S. The number of hydrogen-bond acceptors (Lipinski definition) is 3. The standard InChI is InChI=1S/C26H30ClN5S/c1-17-13-18(2)16-31(15-17)22-10-9-19(14-20(22)27)32-25(23-8-6-12-30(23)3)24(29-26(32)33)21-7-4-5-11-28-21/h4-12,14,17-18,24-25H,13,15-16H2,1-3H3,(H,29,33)/t17-,18+,24-,25+/m0/s1. The Balaban J connectivity index is 1.52. The minimum atomic E-state index is -0.0606. The zero-order chi connectivity index (χ0) is 23.1. The van der Waals surface area contributed by atoms with Crippen LogP contribution in [0.1, 0.15) is 43.7 Å². The summed E-state index contributed by atoms with van der Waals surface area (Å²) in [5, 5.41) is 4.97. The summed E-state index contributed by atoms with van der Waals surface area (Å²) in [5.74, 6) is 1.33. The Morgan fingerprint density at radius 2 is 1.85 bits per heavy atom. The summed E-state index contributed by atoms with van der Waals surface area (Å²) in [6.45, 7) is 6.73. The molecule has 2 aliphatic rings. The summed E-state index contributed by atoms with van der Waals surface area (Å²) in [6, 6.07) is 16.5. The van der Waals surface area contributed by atoms with Crippen molar-refractivity contribution in [2.24, 2.45) is 18.9 Å². The van der Waals surface area contributed by atoms with Crippen LogP contribution in [0.15, 0.2) is 60.9 Å². The van der Waals surface area contributed by atoms with Crippen LogP contribution in [0.2, 0.25) is 5.02 Å². The quantitative estimate of drug-likeness (QED) is 0.483. The second-order valence-electron chi connectivity index (χ2n) is 9.53. The SMILES string of the molecule is C[C@@H]1C[C@H](C)CN(c2ccc(N3C(=S)N[C@@H](c4ccccn4)[C@H]3c3cccn3C)cc2Cl)C1. The van der Waals surface area contributed by atoms with Crippen LogP contribution in [0.3, 0.4) is 0 Å². The van der Waals surface area contributed by atoms with Gasteiger partial charge in [-0.05, 0) is 72.9 Å². The lowest BCUT2D eigenvalue weighted by atomic mass is 9.91. The molecule has 4 heterocycles. The van der Waals surface area contributed by atoms with Crippen LogP contribution < -0.4 is 15.1 Å². The van der Waals surface area contributed by atoms with E-state index in [1.165, 1.54) is 6.42 Å². The van der Waals surface area contributed by atoms with Crippen molar-refractivity contribution in [2.75, 3.05) is 22.9 Å². The van der Waals surface area contributed by atoms with E-state index in [2.05, 4.69) is 88.2 Å². The summed E-state index contributed by atoms with van der Waals surface area (Å²) in [5.41, 5.74) is 4.22. The van der Waals surface area contributed by atoms with Gasteiger partial charge in [0.1, 0.15) is 6.04 Å². The molecule has 0 spiro atoms. The number of thiocarbonyl (C=S) groups is 1. The molecule has 5 nitrogen and oxygen atoms in total. The van der Waals surface area contributed by atoms with E-state index >= 15 is 0 Å². The first-order valence-corrected chi connectivity index (χ1v) is 12.4. The van der Waals surface area contributed by atoms with Gasteiger partial charge >= 0.3 is 0 Å². The van der Waals surface area contributed by atoms with Crippen molar-refractivity contribution in [3.05, 3.63) is 77.3 Å². The number of piperidine rings is 1. The van der Waals surface area contributed by atoms with Gasteiger partial charge in [-0.25, -0.2) is 0 Å². The zero-order valence-electron chi connectivity index (χ0n) is 19.3. The molecule has 7 heteroatoms. The van der Waals surface area contributed by atoms with E-state index in [9.17, 15) is 0 Å². The highest BCUT2D eigenvalue weighted by atomic mass is 35.5. The van der Waals surface area contributed by atoms with Gasteiger partial charge in [-0.2, -0.15) is 0 Å². The Kier molecular flexibility index (Phi) is 6.06. The summed E-state index contributed by atoms with van der Waals surface area (Å²) in [7, 11) is 2.07. The average molecular weight is 480 g/mol. The number of nitrogens with one attached hydrogen (secondary N) is 1. The van der Waals surface area contributed by atoms with Crippen molar-refractivity contribution < 1.29 is 0 Å². The molecule has 5 rings (SSSR count). The van der Waals surface area contributed by atoms with Gasteiger partial charge in [0, 0.05) is 43.9 Å². The van der Waals surface area contributed by atoms with Crippen LogP contribution in [0.4, 0.5) is 11.4 Å². The minimum Gasteiger partial charge on any atom is -0.370 e. The van der Waals surface area contributed by atoms with E-state index < -0.39 is 0 Å². The van der Waals surface area contributed by atoms with E-state index in [-0.39, 0.29) is 12.1 Å². The van der Waals surface area contributed by atoms with E-state index in [1.807, 2.05) is 18.3 Å². The summed E-state index contributed by atoms with van der Waals surface area (Å²) in [6.07, 6.45) is 5.17. The maximum Gasteiger partial charge on any atom is 0.174 e. The molecule has 0 radical (unpaired) electrons. The number of rotatable bonds is 4. The molecule has 2 aromatic heterocycles. The molecule has 2 aliphatic heterocycles. The van der Waals surface area contributed by atoms with Gasteiger partial charge in [-0.3, -0.25) is 4.98 Å². The highest BCUT2D eigenvalue weighted by Crippen LogP contribution is 2.43. The van der Waals surface area contributed by atoms with Crippen molar-refractivity contribution in [1.82, 2.24) is 14.9 Å². The second kappa shape index (κ2) is 8.99. The lowest BCUT2D eigenvalue weighted by Crippen LogP contribution is -2.38. The van der Waals surface area contributed by atoms with Crippen molar-refractivity contribution in [2.45, 2.75) is 32.4 Å². The Bertz CT molecular complexity index is 1140. The Morgan fingerprint density at radius 1 is 1.06 bits per heavy atom. The van der Waals surface area contributed by atoms with E-state index in [0.717, 1.165) is 40.9 Å². The van der Waals surface area contributed by atoms with Crippen molar-refractivity contribution in [3.8, 4) is 0 Å². The first-order valence-electron chi connectivity index (χ1n) is 11.6. The largest absolute Gasteiger partial charge is 0.370 e. The molecule has 0 unspecified atom stereocenters. The predicted octanol–water partition coefficient (Wildman–Crippen LogP) is 5.73. The van der Waals surface area contributed by atoms with Crippen molar-refractivity contribution >= 4 is 40.3 Å². The molecule has 33 heavy (non-hydrogen) atoms. The molecule has 4 atom stereocenters. The predicted molar refractivity (Wildman–Crippen MR) is 140 cm³/mol. The van der Waals surface area contributed by atoms with Crippen LogP contribution in [0.5, 0.6) is 0 Å². The number of hydrogen-bond donors (Lipinski definition) is 1. The normalized spacial score (nSPS) is 25.4. The third kappa shape index (κ3) is 4.22. The number of halogens is 1. The Hall–Kier alpha value is -2.57. The molecule has 0 bridgehead atoms. The molecule has 0 amide bonds. The molecule has 3 aromatic rings. The fraction of sp³-hybridized carbons (Fsp3) is 0.385. The summed E-state index contributed by atoms with van der Waals surface area (Å²) >= 11 is 12.7. The molecule has 2 fully saturated rings. The van der Waals surface area contributed by atoms with E-state index in [4.69, 9.17) is 23.8 Å². The zero-order valence-corrected chi connectivity index (χ0v) is 20.9. The van der Waals surface area contributed by atoms with Gasteiger partial charge < -0.3 is 19.7 Å². The van der Waals surface area contributed by atoms with Crippen LogP contribution in [0, 0.1) is 11.8 Å². The summed E-state index contributed by atoms with van der Waals surface area (Å²) in [4.78, 5) is 9.24. The molecular weight excluding hydrogens is 450 g/mol. The number of benzene rings is 1. The van der Waals surface area contributed by atoms with Crippen molar-refractivity contribution in [3.63, 3.8) is 0 Å². The van der Waals surface area contributed by atoms with Gasteiger partial charge in [0.2, 0.25) is 0 Å². The lowest BCUT2D eigenvalue weighted by Gasteiger charge is -2.37. The van der Waals surface area contributed by atoms with Crippen LogP contribution in [0.25, 0.3) is 0 Å². The minimum absolute atomic E-state index is 0.0376. The molecule has 2 saturated heterocycles. The molecule has 1 aromatic carbocycles. The fourth-order valence-electron chi connectivity index (χ4n) is 5.48. The molecule has 172 valence electrons. The van der Waals surface area contributed by atoms with E-state index in [0.29, 0.717) is 16.9 Å². The second-order valence-corrected chi connectivity index (χ2v) is 10.3. The third-order valence-corrected chi connectivity index (χ3v) is 7.42. The van der Waals surface area contributed by atoms with Crippen LogP contribution >= 0.6 is 23.8 Å². The van der Waals surface area contributed by atoms with Gasteiger partial charge in [-0.15, -0.1) is 0 Å². The Labute approximate surface area is 206 Å². The number of aromatic nitrogens is 2. The van der Waals surface area contributed by atoms with Crippen LogP contribution in [-0.4, -0.2) is 27.8 Å². The van der Waals surface area contributed by atoms with Crippen molar-refractivity contribution in [1.29, 1.82) is 0 Å². The van der Waals surface area contributed by atoms with Gasteiger partial charge in [0.25, 0.3) is 0 Å². The highest BCUT2D eigenvalue weighted by molar-refractivity contribution is 7.80. The smallest absolute Gasteiger partial charge is 0.174 e. The molecule has 0 aliphatic carbocycles. The third-order valence-electron chi connectivity index (χ3n) is 6.80. The lowest BCUT2D eigenvalue weighted by molar-refractivity contribution is 0.357. The first-order chi connectivity index (χ1) is 15.9. The maximum absolute atomic E-state index is 6.89. The average Bonchev–Trinajstić information content (AvgIpc) is 3.35. The number of nitrogens with zero attached hydrogens (tertiary/aromatic N) is 4. The molecule has 0 saturated carbocycles. The Morgan fingerprint density at radius 3 is 2.48 bits per heavy atom. The van der Waals surface area contributed by atoms with Gasteiger partial charge in [-0.1, -0.05) is 31.5 Å². The summed E-state index contributed by atoms with van der Waals surface area (Å²) < 4.78 is 2.15. The van der Waals surface area contributed by atoms with Gasteiger partial charge in [0.05, 0.1) is 22.4 Å². The highest BCUT2D eigenvalue weighted by Gasteiger charge is 2.42. The number of pyridine rings is 1. The van der Waals surface area contributed by atoms with E-state index in [1.54, 1.807) is 0 Å². The topological polar surface area (TPSA) is 36.3 Å². The molecule has 1 N–H and O–H groups in total. The number of aryl methyl sites for hydroxylation is 1. The first kappa shape index (κ1) is 22.2. The number of anilines is 2. The van der Waals surface area contributed by atoms with Crippen LogP contribution in [-0.2, 0) is 7.05 Å².